The predicted octanol–water partition coefficient (Wildman–Crippen LogP) is 1.66. The second-order valence-corrected chi connectivity index (χ2v) is 1.75. The minimum atomic E-state index is -2.49. The molecule has 0 spiro atoms. The van der Waals surface area contributed by atoms with E-state index in [9.17, 15) is 8.78 Å². The molecule has 2 nitrogen and oxygen atoms in total. The van der Waals surface area contributed by atoms with Gasteiger partial charge in [-0.05, 0) is 6.92 Å². The van der Waals surface area contributed by atoms with Gasteiger partial charge < -0.3 is 4.98 Å². The maximum absolute atomic E-state index is 11.7. The van der Waals surface area contributed by atoms with Gasteiger partial charge in [0.05, 0.1) is 0 Å². The average Bonchev–Trinajstić information content (AvgIpc) is 2.14. The van der Waals surface area contributed by atoms with E-state index in [2.05, 4.69) is 9.97 Å². The van der Waals surface area contributed by atoms with Crippen molar-refractivity contribution in [2.24, 2.45) is 0 Å². The van der Waals surface area contributed by atoms with Gasteiger partial charge in [0.25, 0.3) is 6.43 Å². The Morgan fingerprint density at radius 2 is 2.33 bits per heavy atom. The van der Waals surface area contributed by atoms with Crippen LogP contribution in [-0.4, -0.2) is 9.97 Å². The number of rotatable bonds is 1. The molecule has 0 unspecified atom stereocenters. The standard InChI is InChI=1S/C5H6F2N2/c1-3-2-8-5(9-3)4(6)7/h2,4H,1H3,(H,8,9). The van der Waals surface area contributed by atoms with Gasteiger partial charge in [0, 0.05) is 11.9 Å². The maximum Gasteiger partial charge on any atom is 0.295 e. The van der Waals surface area contributed by atoms with E-state index in [1.54, 1.807) is 6.92 Å². The zero-order valence-corrected chi connectivity index (χ0v) is 4.86. The van der Waals surface area contributed by atoms with Crippen LogP contribution in [0.3, 0.4) is 0 Å². The topological polar surface area (TPSA) is 28.7 Å². The van der Waals surface area contributed by atoms with Crippen molar-refractivity contribution in [3.8, 4) is 0 Å². The minimum absolute atomic E-state index is 0.257. The second-order valence-electron chi connectivity index (χ2n) is 1.75. The molecule has 0 saturated carbocycles. The zero-order chi connectivity index (χ0) is 6.85. The molecule has 0 radical (unpaired) electrons. The zero-order valence-electron chi connectivity index (χ0n) is 4.86. The summed E-state index contributed by atoms with van der Waals surface area (Å²) in [5.41, 5.74) is 0.658. The molecular formula is C5H6F2N2. The second kappa shape index (κ2) is 2.13. The third-order valence-corrected chi connectivity index (χ3v) is 0.929. The third-order valence-electron chi connectivity index (χ3n) is 0.929. The lowest BCUT2D eigenvalue weighted by molar-refractivity contribution is 0.141. The van der Waals surface area contributed by atoms with E-state index in [0.29, 0.717) is 5.69 Å². The number of nitrogens with zero attached hydrogens (tertiary/aromatic N) is 1. The number of H-pyrrole nitrogens is 1. The summed E-state index contributed by atoms with van der Waals surface area (Å²) in [5, 5.41) is 0. The highest BCUT2D eigenvalue weighted by atomic mass is 19.3. The fourth-order valence-electron chi connectivity index (χ4n) is 0.544. The molecule has 1 N–H and O–H groups in total. The summed E-state index contributed by atoms with van der Waals surface area (Å²) < 4.78 is 23.4. The number of aromatic amines is 1. The molecule has 1 aromatic rings. The van der Waals surface area contributed by atoms with E-state index < -0.39 is 6.43 Å². The molecule has 1 heterocycles. The highest BCUT2D eigenvalue weighted by Gasteiger charge is 2.08. The van der Waals surface area contributed by atoms with Gasteiger partial charge in [-0.3, -0.25) is 0 Å². The van der Waals surface area contributed by atoms with Gasteiger partial charge >= 0.3 is 0 Å². The first-order valence-corrected chi connectivity index (χ1v) is 2.50. The smallest absolute Gasteiger partial charge is 0.295 e. The van der Waals surface area contributed by atoms with E-state index in [1.807, 2.05) is 0 Å². The lowest BCUT2D eigenvalue weighted by Crippen LogP contribution is -1.85. The largest absolute Gasteiger partial charge is 0.341 e. The molecule has 0 bridgehead atoms. The first-order chi connectivity index (χ1) is 4.20. The summed E-state index contributed by atoms with van der Waals surface area (Å²) >= 11 is 0. The van der Waals surface area contributed by atoms with Crippen LogP contribution in [0.2, 0.25) is 0 Å². The van der Waals surface area contributed by atoms with E-state index in [0.717, 1.165) is 0 Å². The van der Waals surface area contributed by atoms with Crippen LogP contribution in [0.1, 0.15) is 17.9 Å². The van der Waals surface area contributed by atoms with Gasteiger partial charge in [-0.1, -0.05) is 0 Å². The Kier molecular flexibility index (Phi) is 1.46. The Morgan fingerprint density at radius 1 is 1.67 bits per heavy atom. The molecule has 0 aliphatic carbocycles. The average molecular weight is 132 g/mol. The molecular weight excluding hydrogens is 126 g/mol. The van der Waals surface area contributed by atoms with Crippen molar-refractivity contribution in [3.63, 3.8) is 0 Å². The van der Waals surface area contributed by atoms with Crippen molar-refractivity contribution in [2.75, 3.05) is 0 Å². The van der Waals surface area contributed by atoms with Crippen LogP contribution in [0.25, 0.3) is 0 Å². The Hall–Kier alpha value is -0.930. The highest BCUT2D eigenvalue weighted by molar-refractivity contribution is 4.98. The molecule has 0 atom stereocenters. The molecule has 9 heavy (non-hydrogen) atoms. The number of aromatic nitrogens is 2. The first kappa shape index (κ1) is 6.19. The highest BCUT2D eigenvalue weighted by Crippen LogP contribution is 2.13. The van der Waals surface area contributed by atoms with Gasteiger partial charge in [-0.15, -0.1) is 0 Å². The van der Waals surface area contributed by atoms with Crippen LogP contribution in [0, 0.1) is 6.92 Å². The summed E-state index contributed by atoms with van der Waals surface area (Å²) in [4.78, 5) is 5.82. The SMILES string of the molecule is Cc1cnc(C(F)F)[nH]1. The van der Waals surface area contributed by atoms with Gasteiger partial charge in [-0.25, -0.2) is 13.8 Å². The summed E-state index contributed by atoms with van der Waals surface area (Å²) in [6.07, 6.45) is -1.11. The third kappa shape index (κ3) is 1.25. The van der Waals surface area contributed by atoms with E-state index in [4.69, 9.17) is 0 Å². The van der Waals surface area contributed by atoms with E-state index in [1.165, 1.54) is 6.20 Å². The number of aryl methyl sites for hydroxylation is 1. The van der Waals surface area contributed by atoms with Crippen molar-refractivity contribution in [1.82, 2.24) is 9.97 Å². The van der Waals surface area contributed by atoms with E-state index in [-0.39, 0.29) is 5.82 Å². The Labute approximate surface area is 50.9 Å². The lowest BCUT2D eigenvalue weighted by atomic mass is 10.6. The molecule has 50 valence electrons. The molecule has 4 heteroatoms. The van der Waals surface area contributed by atoms with Gasteiger partial charge in [0.1, 0.15) is 0 Å². The quantitative estimate of drug-likeness (QED) is 0.618. The number of hydrogen-bond donors (Lipinski definition) is 1. The van der Waals surface area contributed by atoms with Crippen LogP contribution < -0.4 is 0 Å². The molecule has 0 fully saturated rings. The minimum Gasteiger partial charge on any atom is -0.341 e. The number of hydrogen-bond acceptors (Lipinski definition) is 1. The molecule has 0 aliphatic heterocycles. The maximum atomic E-state index is 11.7. The van der Waals surface area contributed by atoms with Crippen LogP contribution in [0.5, 0.6) is 0 Å². The fourth-order valence-corrected chi connectivity index (χ4v) is 0.544. The summed E-state index contributed by atoms with van der Waals surface area (Å²) in [7, 11) is 0. The normalized spacial score (nSPS) is 10.7. The fraction of sp³-hybridized carbons (Fsp3) is 0.400. The molecule has 1 rings (SSSR count). The first-order valence-electron chi connectivity index (χ1n) is 2.50. The van der Waals surface area contributed by atoms with Crippen LogP contribution in [0.4, 0.5) is 8.78 Å². The molecule has 0 saturated heterocycles. The Bertz CT molecular complexity index is 195. The summed E-state index contributed by atoms with van der Waals surface area (Å²) in [5.74, 6) is -0.257. The van der Waals surface area contributed by atoms with Crippen molar-refractivity contribution >= 4 is 0 Å². The van der Waals surface area contributed by atoms with Gasteiger partial charge in [0.2, 0.25) is 0 Å². The molecule has 0 amide bonds. The van der Waals surface area contributed by atoms with Gasteiger partial charge in [0.15, 0.2) is 5.82 Å². The Balaban J connectivity index is 2.85. The van der Waals surface area contributed by atoms with Crippen LogP contribution in [-0.2, 0) is 0 Å². The molecule has 1 aromatic heterocycles. The molecule has 0 aliphatic rings. The van der Waals surface area contributed by atoms with Crippen molar-refractivity contribution in [2.45, 2.75) is 13.3 Å². The Morgan fingerprint density at radius 3 is 2.56 bits per heavy atom. The number of nitrogens with one attached hydrogen (secondary N) is 1. The van der Waals surface area contributed by atoms with Crippen LogP contribution in [0.15, 0.2) is 6.20 Å². The van der Waals surface area contributed by atoms with Gasteiger partial charge in [-0.2, -0.15) is 0 Å². The van der Waals surface area contributed by atoms with Crippen molar-refractivity contribution < 1.29 is 8.78 Å². The van der Waals surface area contributed by atoms with Crippen molar-refractivity contribution in [3.05, 3.63) is 17.7 Å². The molecule has 0 aromatic carbocycles. The number of alkyl halides is 2. The summed E-state index contributed by atoms with van der Waals surface area (Å²) in [6, 6.07) is 0. The number of imidazole rings is 1. The lowest BCUT2D eigenvalue weighted by Gasteiger charge is -1.88. The predicted molar refractivity (Wildman–Crippen MR) is 28.3 cm³/mol. The van der Waals surface area contributed by atoms with Crippen molar-refractivity contribution in [1.29, 1.82) is 0 Å². The van der Waals surface area contributed by atoms with Crippen LogP contribution >= 0.6 is 0 Å². The number of halogens is 2. The van der Waals surface area contributed by atoms with E-state index >= 15 is 0 Å². The summed E-state index contributed by atoms with van der Waals surface area (Å²) in [6.45, 7) is 1.68. The monoisotopic (exact) mass is 132 g/mol.